The molecule has 0 saturated heterocycles. The zero-order valence-corrected chi connectivity index (χ0v) is 10.4. The van der Waals surface area contributed by atoms with Crippen molar-refractivity contribution < 1.29 is 8.42 Å². The monoisotopic (exact) mass is 244 g/mol. The van der Waals surface area contributed by atoms with Crippen molar-refractivity contribution in [3.8, 4) is 0 Å². The third-order valence-corrected chi connectivity index (χ3v) is 3.22. The summed E-state index contributed by atoms with van der Waals surface area (Å²) in [6.45, 7) is 4.27. The van der Waals surface area contributed by atoms with Gasteiger partial charge in [0.2, 0.25) is 16.0 Å². The van der Waals surface area contributed by atoms with E-state index in [1.807, 2.05) is 13.8 Å². The topological polar surface area (TPSA) is 84.0 Å². The molecule has 0 spiro atoms. The predicted octanol–water partition coefficient (Wildman–Crippen LogP) is 0.453. The van der Waals surface area contributed by atoms with Crippen molar-refractivity contribution >= 4 is 16.0 Å². The largest absolute Gasteiger partial charge is 0.357 e. The summed E-state index contributed by atoms with van der Waals surface area (Å²) in [5.41, 5.74) is 0. The van der Waals surface area contributed by atoms with Crippen LogP contribution in [-0.4, -0.2) is 32.0 Å². The summed E-state index contributed by atoms with van der Waals surface area (Å²) in [5.74, 6) is 0.648. The fourth-order valence-electron chi connectivity index (χ4n) is 0.944. The van der Waals surface area contributed by atoms with Gasteiger partial charge in [-0.15, -0.1) is 0 Å². The number of nitrogens with one attached hydrogen (secondary N) is 2. The summed E-state index contributed by atoms with van der Waals surface area (Å²) in [5, 5.41) is 2.72. The van der Waals surface area contributed by atoms with Crippen molar-refractivity contribution in [3.63, 3.8) is 0 Å². The van der Waals surface area contributed by atoms with Gasteiger partial charge < -0.3 is 5.32 Å². The standard InChI is InChI=1S/C9H16N4O2S/c1-7(2)4-13-16(14,15)8-5-11-9(10-3)12-6-8/h5-7,13H,4H2,1-3H3,(H,10,11,12). The molecule has 0 fully saturated rings. The zero-order valence-electron chi connectivity index (χ0n) is 9.56. The maximum absolute atomic E-state index is 11.7. The van der Waals surface area contributed by atoms with E-state index in [0.717, 1.165) is 0 Å². The Morgan fingerprint density at radius 3 is 2.31 bits per heavy atom. The first-order chi connectivity index (χ1) is 7.45. The predicted molar refractivity (Wildman–Crippen MR) is 61.6 cm³/mol. The van der Waals surface area contributed by atoms with Crippen LogP contribution >= 0.6 is 0 Å². The molecule has 0 saturated carbocycles. The van der Waals surface area contributed by atoms with Crippen LogP contribution < -0.4 is 10.0 Å². The Labute approximate surface area is 95.6 Å². The van der Waals surface area contributed by atoms with Crippen molar-refractivity contribution in [2.75, 3.05) is 18.9 Å². The van der Waals surface area contributed by atoms with Crippen molar-refractivity contribution in [3.05, 3.63) is 12.4 Å². The summed E-state index contributed by atoms with van der Waals surface area (Å²) in [4.78, 5) is 7.77. The molecule has 1 heterocycles. The molecule has 1 aromatic rings. The molecule has 6 nitrogen and oxygen atoms in total. The Morgan fingerprint density at radius 1 is 1.31 bits per heavy atom. The van der Waals surface area contributed by atoms with E-state index in [1.54, 1.807) is 7.05 Å². The Balaban J connectivity index is 2.82. The fraction of sp³-hybridized carbons (Fsp3) is 0.556. The molecule has 0 aliphatic rings. The Kier molecular flexibility index (Phi) is 4.19. The molecule has 0 unspecified atom stereocenters. The molecular weight excluding hydrogens is 228 g/mol. The van der Waals surface area contributed by atoms with Crippen molar-refractivity contribution in [2.24, 2.45) is 5.92 Å². The second-order valence-electron chi connectivity index (χ2n) is 3.74. The first-order valence-electron chi connectivity index (χ1n) is 4.95. The highest BCUT2D eigenvalue weighted by Crippen LogP contribution is 2.07. The number of sulfonamides is 1. The minimum absolute atomic E-state index is 0.0761. The van der Waals surface area contributed by atoms with Gasteiger partial charge in [-0.3, -0.25) is 0 Å². The van der Waals surface area contributed by atoms with Crippen molar-refractivity contribution in [1.29, 1.82) is 0 Å². The molecule has 0 atom stereocenters. The van der Waals surface area contributed by atoms with Gasteiger partial charge in [0, 0.05) is 13.6 Å². The number of anilines is 1. The van der Waals surface area contributed by atoms with Crippen LogP contribution in [0.4, 0.5) is 5.95 Å². The second-order valence-corrected chi connectivity index (χ2v) is 5.51. The van der Waals surface area contributed by atoms with E-state index in [1.165, 1.54) is 12.4 Å². The van der Waals surface area contributed by atoms with Gasteiger partial charge in [0.15, 0.2) is 0 Å². The average molecular weight is 244 g/mol. The lowest BCUT2D eigenvalue weighted by molar-refractivity contribution is 0.559. The molecule has 2 N–H and O–H groups in total. The Hall–Kier alpha value is -1.21. The smallest absolute Gasteiger partial charge is 0.243 e. The van der Waals surface area contributed by atoms with E-state index < -0.39 is 10.0 Å². The summed E-state index contributed by atoms with van der Waals surface area (Å²) < 4.78 is 25.9. The molecule has 0 radical (unpaired) electrons. The quantitative estimate of drug-likeness (QED) is 0.785. The minimum atomic E-state index is -3.48. The van der Waals surface area contributed by atoms with Crippen LogP contribution in [0.15, 0.2) is 17.3 Å². The number of aromatic nitrogens is 2. The SMILES string of the molecule is CNc1ncc(S(=O)(=O)NCC(C)C)cn1. The Morgan fingerprint density at radius 2 is 1.88 bits per heavy atom. The summed E-state index contributed by atoms with van der Waals surface area (Å²) >= 11 is 0. The van der Waals surface area contributed by atoms with Crippen LogP contribution in [0.5, 0.6) is 0 Å². The molecule has 0 aliphatic carbocycles. The van der Waals surface area contributed by atoms with Gasteiger partial charge in [0.25, 0.3) is 0 Å². The van der Waals surface area contributed by atoms with Crippen LogP contribution in [0.25, 0.3) is 0 Å². The number of rotatable bonds is 5. The van der Waals surface area contributed by atoms with Crippen LogP contribution in [0, 0.1) is 5.92 Å². The van der Waals surface area contributed by atoms with E-state index in [9.17, 15) is 8.42 Å². The molecule has 0 aliphatic heterocycles. The maximum atomic E-state index is 11.7. The minimum Gasteiger partial charge on any atom is -0.357 e. The summed E-state index contributed by atoms with van der Waals surface area (Å²) in [6.07, 6.45) is 2.56. The van der Waals surface area contributed by atoms with Crippen LogP contribution in [0.3, 0.4) is 0 Å². The first-order valence-corrected chi connectivity index (χ1v) is 6.43. The lowest BCUT2D eigenvalue weighted by Gasteiger charge is -2.08. The fourth-order valence-corrected chi connectivity index (χ4v) is 2.05. The molecule has 0 aromatic carbocycles. The molecule has 0 amide bonds. The number of hydrogen-bond acceptors (Lipinski definition) is 5. The van der Waals surface area contributed by atoms with Gasteiger partial charge in [0.1, 0.15) is 4.90 Å². The van der Waals surface area contributed by atoms with Crippen LogP contribution in [0.1, 0.15) is 13.8 Å². The third kappa shape index (κ3) is 3.42. The van der Waals surface area contributed by atoms with Gasteiger partial charge in [-0.25, -0.2) is 23.1 Å². The van der Waals surface area contributed by atoms with Gasteiger partial charge in [0.05, 0.1) is 12.4 Å². The molecule has 90 valence electrons. The molecule has 1 aromatic heterocycles. The van der Waals surface area contributed by atoms with Crippen LogP contribution in [0.2, 0.25) is 0 Å². The van der Waals surface area contributed by atoms with E-state index in [2.05, 4.69) is 20.0 Å². The molecule has 7 heteroatoms. The first kappa shape index (κ1) is 12.9. The maximum Gasteiger partial charge on any atom is 0.243 e. The van der Waals surface area contributed by atoms with Crippen molar-refractivity contribution in [2.45, 2.75) is 18.7 Å². The second kappa shape index (κ2) is 5.22. The average Bonchev–Trinajstić information content (AvgIpc) is 2.27. The highest BCUT2D eigenvalue weighted by molar-refractivity contribution is 7.89. The molecular formula is C9H16N4O2S. The third-order valence-electron chi connectivity index (χ3n) is 1.84. The Bertz CT molecular complexity index is 427. The molecule has 1 rings (SSSR count). The van der Waals surface area contributed by atoms with Gasteiger partial charge in [-0.1, -0.05) is 13.8 Å². The highest BCUT2D eigenvalue weighted by atomic mass is 32.2. The normalized spacial score (nSPS) is 11.8. The van der Waals surface area contributed by atoms with Gasteiger partial charge >= 0.3 is 0 Å². The van der Waals surface area contributed by atoms with Crippen molar-refractivity contribution in [1.82, 2.24) is 14.7 Å². The van der Waals surface area contributed by atoms with Gasteiger partial charge in [-0.05, 0) is 5.92 Å². The summed E-state index contributed by atoms with van der Waals surface area (Å²) in [6, 6.07) is 0. The van der Waals surface area contributed by atoms with E-state index in [-0.39, 0.29) is 10.8 Å². The zero-order chi connectivity index (χ0) is 12.2. The van der Waals surface area contributed by atoms with E-state index >= 15 is 0 Å². The van der Waals surface area contributed by atoms with E-state index in [0.29, 0.717) is 12.5 Å². The number of nitrogens with zero attached hydrogens (tertiary/aromatic N) is 2. The molecule has 0 bridgehead atoms. The van der Waals surface area contributed by atoms with E-state index in [4.69, 9.17) is 0 Å². The highest BCUT2D eigenvalue weighted by Gasteiger charge is 2.14. The molecule has 16 heavy (non-hydrogen) atoms. The summed E-state index contributed by atoms with van der Waals surface area (Å²) in [7, 11) is -1.82. The lowest BCUT2D eigenvalue weighted by Crippen LogP contribution is -2.27. The number of hydrogen-bond donors (Lipinski definition) is 2. The van der Waals surface area contributed by atoms with Gasteiger partial charge in [-0.2, -0.15) is 0 Å². The lowest BCUT2D eigenvalue weighted by atomic mass is 10.2. The van der Waals surface area contributed by atoms with Crippen LogP contribution in [-0.2, 0) is 10.0 Å².